The SMILES string of the molecule is COc1ccc(NC(=O)CCC(CC(=O)C(C)(C)C)=NNC(N)=O)cc1. The topological polar surface area (TPSA) is 123 Å². The first kappa shape index (κ1) is 21.1. The number of carbonyl (C=O) groups is 3. The molecule has 0 fully saturated rings. The molecule has 1 aromatic carbocycles. The van der Waals surface area contributed by atoms with Gasteiger partial charge in [0.15, 0.2) is 0 Å². The van der Waals surface area contributed by atoms with E-state index < -0.39 is 11.4 Å². The highest BCUT2D eigenvalue weighted by atomic mass is 16.5. The molecule has 4 N–H and O–H groups in total. The fourth-order valence-electron chi connectivity index (χ4n) is 1.92. The van der Waals surface area contributed by atoms with Crippen molar-refractivity contribution in [2.45, 2.75) is 40.0 Å². The van der Waals surface area contributed by atoms with Gasteiger partial charge in [0.1, 0.15) is 11.5 Å². The molecule has 0 aliphatic heterocycles. The van der Waals surface area contributed by atoms with Gasteiger partial charge >= 0.3 is 6.03 Å². The van der Waals surface area contributed by atoms with E-state index >= 15 is 0 Å². The summed E-state index contributed by atoms with van der Waals surface area (Å²) in [6.07, 6.45) is 0.381. The zero-order valence-corrected chi connectivity index (χ0v) is 15.6. The molecule has 0 unspecified atom stereocenters. The Morgan fingerprint density at radius 2 is 1.73 bits per heavy atom. The van der Waals surface area contributed by atoms with Crippen molar-refractivity contribution in [2.24, 2.45) is 16.3 Å². The zero-order valence-electron chi connectivity index (χ0n) is 15.6. The van der Waals surface area contributed by atoms with Gasteiger partial charge in [-0.05, 0) is 30.7 Å². The second-order valence-electron chi connectivity index (χ2n) is 6.78. The van der Waals surface area contributed by atoms with E-state index in [2.05, 4.69) is 15.8 Å². The van der Waals surface area contributed by atoms with Crippen LogP contribution in [0.15, 0.2) is 29.4 Å². The van der Waals surface area contributed by atoms with Gasteiger partial charge in [-0.15, -0.1) is 0 Å². The number of hydrogen-bond acceptors (Lipinski definition) is 5. The van der Waals surface area contributed by atoms with Crippen LogP contribution in [-0.2, 0) is 9.59 Å². The number of hydrazone groups is 1. The summed E-state index contributed by atoms with van der Waals surface area (Å²) in [6.45, 7) is 5.39. The Labute approximate surface area is 153 Å². The Morgan fingerprint density at radius 3 is 2.23 bits per heavy atom. The molecule has 0 bridgehead atoms. The average Bonchev–Trinajstić information content (AvgIpc) is 2.56. The number of benzene rings is 1. The number of anilines is 1. The monoisotopic (exact) mass is 362 g/mol. The lowest BCUT2D eigenvalue weighted by atomic mass is 9.87. The molecule has 3 amide bonds. The van der Waals surface area contributed by atoms with Gasteiger partial charge in [-0.2, -0.15) is 5.10 Å². The number of nitrogens with two attached hydrogens (primary N) is 1. The minimum absolute atomic E-state index is 0.0413. The molecular formula is C18H26N4O4. The molecular weight excluding hydrogens is 336 g/mol. The summed E-state index contributed by atoms with van der Waals surface area (Å²) in [5, 5.41) is 6.60. The van der Waals surface area contributed by atoms with Crippen molar-refractivity contribution in [3.05, 3.63) is 24.3 Å². The van der Waals surface area contributed by atoms with Crippen molar-refractivity contribution in [1.29, 1.82) is 0 Å². The Kier molecular flexibility index (Phi) is 7.77. The predicted octanol–water partition coefficient (Wildman–Crippen LogP) is 2.44. The summed E-state index contributed by atoms with van der Waals surface area (Å²) in [4.78, 5) is 35.1. The van der Waals surface area contributed by atoms with Gasteiger partial charge < -0.3 is 15.8 Å². The molecule has 0 spiro atoms. The number of amides is 3. The van der Waals surface area contributed by atoms with Crippen molar-refractivity contribution < 1.29 is 19.1 Å². The van der Waals surface area contributed by atoms with Crippen LogP contribution in [0.2, 0.25) is 0 Å². The molecule has 0 aromatic heterocycles. The van der Waals surface area contributed by atoms with Crippen LogP contribution in [0.1, 0.15) is 40.0 Å². The van der Waals surface area contributed by atoms with E-state index in [1.165, 1.54) is 0 Å². The second kappa shape index (κ2) is 9.55. The lowest BCUT2D eigenvalue weighted by molar-refractivity contribution is -0.125. The van der Waals surface area contributed by atoms with Crippen LogP contribution in [0.3, 0.4) is 0 Å². The molecule has 0 saturated heterocycles. The van der Waals surface area contributed by atoms with E-state index in [-0.39, 0.29) is 31.0 Å². The van der Waals surface area contributed by atoms with Gasteiger partial charge in [0.25, 0.3) is 0 Å². The number of urea groups is 1. The number of nitrogens with one attached hydrogen (secondary N) is 2. The summed E-state index contributed by atoms with van der Waals surface area (Å²) in [5.74, 6) is 0.416. The molecule has 0 aliphatic rings. The number of hydrogen-bond donors (Lipinski definition) is 3. The van der Waals surface area contributed by atoms with Crippen LogP contribution in [0.5, 0.6) is 5.75 Å². The summed E-state index contributed by atoms with van der Waals surface area (Å²) >= 11 is 0. The maximum atomic E-state index is 12.2. The average molecular weight is 362 g/mol. The minimum atomic E-state index is -0.826. The lowest BCUT2D eigenvalue weighted by Gasteiger charge is -2.17. The van der Waals surface area contributed by atoms with E-state index in [4.69, 9.17) is 10.5 Å². The summed E-state index contributed by atoms with van der Waals surface area (Å²) in [5.41, 5.74) is 7.61. The molecule has 0 aliphatic carbocycles. The lowest BCUT2D eigenvalue weighted by Crippen LogP contribution is -2.28. The first-order valence-electron chi connectivity index (χ1n) is 8.20. The van der Waals surface area contributed by atoms with Crippen molar-refractivity contribution in [3.8, 4) is 5.75 Å². The van der Waals surface area contributed by atoms with Crippen molar-refractivity contribution in [2.75, 3.05) is 12.4 Å². The number of ketones is 1. The number of methoxy groups -OCH3 is 1. The smallest absolute Gasteiger partial charge is 0.332 e. The standard InChI is InChI=1S/C18H26N4O4/c1-18(2,3)15(23)11-13(21-22-17(19)25)7-10-16(24)20-12-5-8-14(26-4)9-6-12/h5-6,8-9H,7,10-11H2,1-4H3,(H,20,24)(H3,19,22,25). The molecule has 1 rings (SSSR count). The van der Waals surface area contributed by atoms with Crippen molar-refractivity contribution in [1.82, 2.24) is 5.43 Å². The summed E-state index contributed by atoms with van der Waals surface area (Å²) < 4.78 is 5.06. The normalized spacial score (nSPS) is 11.6. The van der Waals surface area contributed by atoms with E-state index in [0.29, 0.717) is 17.1 Å². The molecule has 0 saturated carbocycles. The van der Waals surface area contributed by atoms with Crippen LogP contribution in [0.25, 0.3) is 0 Å². The second-order valence-corrected chi connectivity index (χ2v) is 6.78. The highest BCUT2D eigenvalue weighted by Gasteiger charge is 2.23. The predicted molar refractivity (Wildman–Crippen MR) is 100 cm³/mol. The molecule has 0 atom stereocenters. The fourth-order valence-corrected chi connectivity index (χ4v) is 1.92. The minimum Gasteiger partial charge on any atom is -0.497 e. The first-order chi connectivity index (χ1) is 12.1. The Hall–Kier alpha value is -2.90. The molecule has 8 nitrogen and oxygen atoms in total. The van der Waals surface area contributed by atoms with Gasteiger partial charge in [-0.25, -0.2) is 10.2 Å². The summed E-state index contributed by atoms with van der Waals surface area (Å²) in [6, 6.07) is 6.10. The van der Waals surface area contributed by atoms with Gasteiger partial charge in [-0.3, -0.25) is 9.59 Å². The molecule has 0 heterocycles. The number of rotatable bonds is 8. The molecule has 0 radical (unpaired) electrons. The molecule has 1 aromatic rings. The molecule has 8 heteroatoms. The quantitative estimate of drug-likeness (QED) is 0.485. The molecule has 142 valence electrons. The zero-order chi connectivity index (χ0) is 19.7. The van der Waals surface area contributed by atoms with E-state index in [9.17, 15) is 14.4 Å². The summed E-state index contributed by atoms with van der Waals surface area (Å²) in [7, 11) is 1.56. The van der Waals surface area contributed by atoms with Crippen LogP contribution in [0, 0.1) is 5.41 Å². The van der Waals surface area contributed by atoms with E-state index in [0.717, 1.165) is 0 Å². The maximum absolute atomic E-state index is 12.2. The Balaban J connectivity index is 2.65. The van der Waals surface area contributed by atoms with E-state index in [1.54, 1.807) is 52.1 Å². The van der Waals surface area contributed by atoms with Crippen LogP contribution in [0.4, 0.5) is 10.5 Å². The third-order valence-electron chi connectivity index (χ3n) is 3.54. The maximum Gasteiger partial charge on any atom is 0.332 e. The van der Waals surface area contributed by atoms with Crippen LogP contribution in [-0.4, -0.2) is 30.5 Å². The highest BCUT2D eigenvalue weighted by Crippen LogP contribution is 2.18. The third kappa shape index (κ3) is 7.78. The Morgan fingerprint density at radius 1 is 1.12 bits per heavy atom. The number of primary amides is 1. The fraction of sp³-hybridized carbons (Fsp3) is 0.444. The highest BCUT2D eigenvalue weighted by molar-refractivity contribution is 6.05. The van der Waals surface area contributed by atoms with Gasteiger partial charge in [0.05, 0.1) is 7.11 Å². The molecule has 26 heavy (non-hydrogen) atoms. The number of Topliss-reactive ketones (excluding diaryl/α,β-unsaturated/α-hetero) is 1. The number of carbonyl (C=O) groups excluding carboxylic acids is 3. The van der Waals surface area contributed by atoms with Crippen molar-refractivity contribution in [3.63, 3.8) is 0 Å². The van der Waals surface area contributed by atoms with Gasteiger partial charge in [0.2, 0.25) is 5.91 Å². The van der Waals surface area contributed by atoms with Gasteiger partial charge in [0, 0.05) is 29.7 Å². The van der Waals surface area contributed by atoms with Crippen LogP contribution < -0.4 is 21.2 Å². The Bertz CT molecular complexity index is 675. The first-order valence-corrected chi connectivity index (χ1v) is 8.20. The number of ether oxygens (including phenoxy) is 1. The number of nitrogens with zero attached hydrogens (tertiary/aromatic N) is 1. The third-order valence-corrected chi connectivity index (χ3v) is 3.54. The largest absolute Gasteiger partial charge is 0.497 e. The van der Waals surface area contributed by atoms with E-state index in [1.807, 2.05) is 0 Å². The van der Waals surface area contributed by atoms with Crippen LogP contribution >= 0.6 is 0 Å². The van der Waals surface area contributed by atoms with Gasteiger partial charge in [-0.1, -0.05) is 20.8 Å². The van der Waals surface area contributed by atoms with Crippen molar-refractivity contribution >= 4 is 29.1 Å².